The molecule has 0 saturated carbocycles. The maximum Gasteiger partial charge on any atom is 0.147 e. The van der Waals surface area contributed by atoms with Crippen LogP contribution >= 0.6 is 15.9 Å². The molecule has 0 fully saturated rings. The van der Waals surface area contributed by atoms with Gasteiger partial charge in [0, 0.05) is 24.8 Å². The van der Waals surface area contributed by atoms with Gasteiger partial charge in [-0.05, 0) is 22.0 Å². The fraction of sp³-hybridized carbons (Fsp3) is 0.286. The van der Waals surface area contributed by atoms with Gasteiger partial charge in [0.1, 0.15) is 5.82 Å². The molecule has 0 saturated heterocycles. The Morgan fingerprint density at radius 2 is 2.18 bits per heavy atom. The van der Waals surface area contributed by atoms with Crippen LogP contribution in [0, 0.1) is 0 Å². The topological polar surface area (TPSA) is 42.2 Å². The van der Waals surface area contributed by atoms with E-state index in [9.17, 15) is 0 Å². The van der Waals surface area contributed by atoms with Crippen LogP contribution in [-0.4, -0.2) is 19.1 Å². The van der Waals surface area contributed by atoms with Crippen LogP contribution in [0.1, 0.15) is 0 Å². The molecule has 0 unspecified atom stereocenters. The molecule has 1 rings (SSSR count). The molecule has 60 valence electrons. The van der Waals surface area contributed by atoms with Crippen molar-refractivity contribution in [3.05, 3.63) is 16.7 Å². The molecule has 0 atom stereocenters. The molecule has 4 heteroatoms. The van der Waals surface area contributed by atoms with E-state index in [0.717, 1.165) is 10.2 Å². The number of anilines is 2. The van der Waals surface area contributed by atoms with Crippen molar-refractivity contribution in [1.29, 1.82) is 0 Å². The minimum Gasteiger partial charge on any atom is -0.382 e. The fourth-order valence-electron chi connectivity index (χ4n) is 0.797. The van der Waals surface area contributed by atoms with E-state index in [0.29, 0.717) is 5.82 Å². The number of nitrogens with two attached hydrogens (primary N) is 1. The van der Waals surface area contributed by atoms with Crippen LogP contribution in [0.4, 0.5) is 11.5 Å². The van der Waals surface area contributed by atoms with E-state index in [1.807, 2.05) is 25.1 Å². The smallest absolute Gasteiger partial charge is 0.147 e. The first-order chi connectivity index (χ1) is 5.11. The molecule has 11 heavy (non-hydrogen) atoms. The summed E-state index contributed by atoms with van der Waals surface area (Å²) >= 11 is 3.32. The lowest BCUT2D eigenvalue weighted by atomic mass is 10.4. The Labute approximate surface area is 74.3 Å². The van der Waals surface area contributed by atoms with Crippen molar-refractivity contribution in [2.45, 2.75) is 0 Å². The highest BCUT2D eigenvalue weighted by Gasteiger charge is 2.01. The Morgan fingerprint density at radius 1 is 1.55 bits per heavy atom. The minimum atomic E-state index is 0.554. The van der Waals surface area contributed by atoms with E-state index in [1.165, 1.54) is 0 Å². The monoisotopic (exact) mass is 215 g/mol. The van der Waals surface area contributed by atoms with E-state index >= 15 is 0 Å². The van der Waals surface area contributed by atoms with E-state index in [1.54, 1.807) is 6.20 Å². The van der Waals surface area contributed by atoms with Crippen LogP contribution in [-0.2, 0) is 0 Å². The first-order valence-electron chi connectivity index (χ1n) is 3.19. The lowest BCUT2D eigenvalue weighted by molar-refractivity contribution is 1.11. The molecule has 1 aromatic rings. The Balaban J connectivity index is 3.13. The highest BCUT2D eigenvalue weighted by Crippen LogP contribution is 2.22. The van der Waals surface area contributed by atoms with Crippen molar-refractivity contribution in [3.63, 3.8) is 0 Å². The summed E-state index contributed by atoms with van der Waals surface area (Å²) in [5, 5.41) is 0. The Hall–Kier alpha value is -0.770. The van der Waals surface area contributed by atoms with E-state index in [-0.39, 0.29) is 0 Å². The molecule has 0 spiro atoms. The van der Waals surface area contributed by atoms with Crippen molar-refractivity contribution in [3.8, 4) is 0 Å². The third-order valence-electron chi connectivity index (χ3n) is 1.35. The predicted octanol–water partition coefficient (Wildman–Crippen LogP) is 1.49. The number of nitrogen functional groups attached to an aromatic ring is 1. The molecule has 1 aromatic heterocycles. The van der Waals surface area contributed by atoms with Crippen LogP contribution in [0.15, 0.2) is 16.7 Å². The number of hydrogen-bond donors (Lipinski definition) is 1. The maximum absolute atomic E-state index is 5.62. The minimum absolute atomic E-state index is 0.554. The van der Waals surface area contributed by atoms with Gasteiger partial charge in [-0.2, -0.15) is 0 Å². The summed E-state index contributed by atoms with van der Waals surface area (Å²) in [5.74, 6) is 0.554. The van der Waals surface area contributed by atoms with Gasteiger partial charge in [0.15, 0.2) is 0 Å². The molecule has 1 heterocycles. The summed E-state index contributed by atoms with van der Waals surface area (Å²) in [7, 11) is 3.86. The molecule has 0 aromatic carbocycles. The lowest BCUT2D eigenvalue weighted by Crippen LogP contribution is -2.11. The number of aromatic nitrogens is 1. The molecular formula is C7H10BrN3. The van der Waals surface area contributed by atoms with Crippen molar-refractivity contribution in [2.24, 2.45) is 0 Å². The van der Waals surface area contributed by atoms with Crippen LogP contribution in [0.25, 0.3) is 0 Å². The zero-order valence-corrected chi connectivity index (χ0v) is 8.09. The number of nitrogens with zero attached hydrogens (tertiary/aromatic N) is 2. The van der Waals surface area contributed by atoms with Gasteiger partial charge in [-0.1, -0.05) is 0 Å². The summed E-state index contributed by atoms with van der Waals surface area (Å²) in [4.78, 5) is 5.91. The van der Waals surface area contributed by atoms with Crippen molar-refractivity contribution < 1.29 is 0 Å². The van der Waals surface area contributed by atoms with Gasteiger partial charge in [0.05, 0.1) is 5.69 Å². The Morgan fingerprint density at radius 3 is 2.64 bits per heavy atom. The predicted molar refractivity (Wildman–Crippen MR) is 50.7 cm³/mol. The molecule has 0 bridgehead atoms. The van der Waals surface area contributed by atoms with Gasteiger partial charge < -0.3 is 10.6 Å². The molecular weight excluding hydrogens is 206 g/mol. The average Bonchev–Trinajstić information content (AvgIpc) is 1.94. The van der Waals surface area contributed by atoms with E-state index in [4.69, 9.17) is 5.73 Å². The molecule has 0 aliphatic rings. The van der Waals surface area contributed by atoms with Gasteiger partial charge in [0.25, 0.3) is 0 Å². The van der Waals surface area contributed by atoms with Gasteiger partial charge in [0.2, 0.25) is 0 Å². The molecule has 0 radical (unpaired) electrons. The zero-order chi connectivity index (χ0) is 8.43. The van der Waals surface area contributed by atoms with E-state index in [2.05, 4.69) is 20.9 Å². The van der Waals surface area contributed by atoms with Crippen LogP contribution < -0.4 is 10.6 Å². The third kappa shape index (κ3) is 1.83. The summed E-state index contributed by atoms with van der Waals surface area (Å²) in [6, 6.07) is 1.93. The Bertz CT molecular complexity index is 260. The fourth-order valence-corrected chi connectivity index (χ4v) is 1.12. The van der Waals surface area contributed by atoms with Gasteiger partial charge in [-0.15, -0.1) is 0 Å². The van der Waals surface area contributed by atoms with Gasteiger partial charge >= 0.3 is 0 Å². The second kappa shape index (κ2) is 3.09. The van der Waals surface area contributed by atoms with Gasteiger partial charge in [-0.25, -0.2) is 4.98 Å². The quantitative estimate of drug-likeness (QED) is 0.773. The lowest BCUT2D eigenvalue weighted by Gasteiger charge is -2.13. The number of rotatable bonds is 1. The van der Waals surface area contributed by atoms with Crippen LogP contribution in [0.3, 0.4) is 0 Å². The summed E-state index contributed by atoms with van der Waals surface area (Å²) in [6.45, 7) is 0. The average molecular weight is 216 g/mol. The van der Waals surface area contributed by atoms with Crippen molar-refractivity contribution in [1.82, 2.24) is 4.98 Å². The second-order valence-corrected chi connectivity index (χ2v) is 3.37. The SMILES string of the molecule is CN(C)c1cc(Br)cnc1N. The number of halogens is 1. The molecule has 3 nitrogen and oxygen atoms in total. The molecule has 0 aliphatic carbocycles. The second-order valence-electron chi connectivity index (χ2n) is 2.45. The van der Waals surface area contributed by atoms with Crippen LogP contribution in [0.5, 0.6) is 0 Å². The number of hydrogen-bond acceptors (Lipinski definition) is 3. The summed E-state index contributed by atoms with van der Waals surface area (Å²) < 4.78 is 0.940. The van der Waals surface area contributed by atoms with Crippen molar-refractivity contribution in [2.75, 3.05) is 24.7 Å². The van der Waals surface area contributed by atoms with E-state index < -0.39 is 0 Å². The third-order valence-corrected chi connectivity index (χ3v) is 1.78. The maximum atomic E-state index is 5.62. The number of pyridine rings is 1. The van der Waals surface area contributed by atoms with Crippen molar-refractivity contribution >= 4 is 27.4 Å². The first-order valence-corrected chi connectivity index (χ1v) is 3.99. The molecule has 0 amide bonds. The zero-order valence-electron chi connectivity index (χ0n) is 6.50. The van der Waals surface area contributed by atoms with Gasteiger partial charge in [-0.3, -0.25) is 0 Å². The van der Waals surface area contributed by atoms with Crippen LogP contribution in [0.2, 0.25) is 0 Å². The molecule has 0 aliphatic heterocycles. The highest BCUT2D eigenvalue weighted by molar-refractivity contribution is 9.10. The normalized spacial score (nSPS) is 9.73. The summed E-state index contributed by atoms with van der Waals surface area (Å²) in [5.41, 5.74) is 6.55. The first kappa shape index (κ1) is 8.33. The highest BCUT2D eigenvalue weighted by atomic mass is 79.9. The summed E-state index contributed by atoms with van der Waals surface area (Å²) in [6.07, 6.45) is 1.68. The Kier molecular flexibility index (Phi) is 2.34. The largest absolute Gasteiger partial charge is 0.382 e. The molecule has 2 N–H and O–H groups in total. The standard InChI is InChI=1S/C7H10BrN3/c1-11(2)6-3-5(8)4-10-7(6)9/h3-4H,1-2H3,(H2,9,10).